The van der Waals surface area contributed by atoms with Crippen LogP contribution in [0.5, 0.6) is 0 Å². The number of hydrogen-bond donors (Lipinski definition) is 2. The lowest BCUT2D eigenvalue weighted by Crippen LogP contribution is -2.03. The van der Waals surface area contributed by atoms with E-state index in [1.807, 2.05) is 0 Å². The standard InChI is InChI=1S/C3H4N2.C3H8O4S/c1-2-5-3-4-1;1-2-3-7-8(4,5)6/h1-3H,(H,4,5);2-3H2,1H3,(H,4,5,6). The Morgan fingerprint density at radius 1 is 1.62 bits per heavy atom. The number of rotatable bonds is 3. The smallest absolute Gasteiger partial charge is 0.351 e. The molecule has 0 saturated heterocycles. The Labute approximate surface area is 76.9 Å². The van der Waals surface area contributed by atoms with Crippen molar-refractivity contribution in [3.63, 3.8) is 0 Å². The number of hydrogen-bond acceptors (Lipinski definition) is 4. The van der Waals surface area contributed by atoms with Crippen molar-refractivity contribution in [3.8, 4) is 0 Å². The van der Waals surface area contributed by atoms with Gasteiger partial charge in [-0.15, -0.1) is 0 Å². The first-order valence-corrected chi connectivity index (χ1v) is 4.97. The van der Waals surface area contributed by atoms with Gasteiger partial charge in [-0.25, -0.2) is 9.17 Å². The van der Waals surface area contributed by atoms with Gasteiger partial charge in [-0.05, 0) is 6.42 Å². The van der Waals surface area contributed by atoms with Gasteiger partial charge in [0, 0.05) is 12.4 Å². The molecule has 7 heteroatoms. The lowest BCUT2D eigenvalue weighted by atomic mass is 10.5. The highest BCUT2D eigenvalue weighted by atomic mass is 32.3. The molecule has 76 valence electrons. The van der Waals surface area contributed by atoms with Crippen LogP contribution in [0.1, 0.15) is 13.3 Å². The molecule has 0 fully saturated rings. The highest BCUT2D eigenvalue weighted by Crippen LogP contribution is 1.86. The third-order valence-corrected chi connectivity index (χ3v) is 1.31. The molecule has 0 saturated carbocycles. The zero-order valence-electron chi connectivity index (χ0n) is 7.17. The van der Waals surface area contributed by atoms with Crippen molar-refractivity contribution in [2.75, 3.05) is 6.61 Å². The van der Waals surface area contributed by atoms with Crippen molar-refractivity contribution in [2.45, 2.75) is 13.3 Å². The molecule has 0 aliphatic carbocycles. The number of aromatic nitrogens is 2. The summed E-state index contributed by atoms with van der Waals surface area (Å²) in [5, 5.41) is 0. The molecule has 0 bridgehead atoms. The second-order valence-electron chi connectivity index (χ2n) is 2.01. The Kier molecular flexibility index (Phi) is 6.11. The molecule has 1 heterocycles. The number of nitrogens with zero attached hydrogens (tertiary/aromatic N) is 1. The van der Waals surface area contributed by atoms with Crippen LogP contribution in [0.25, 0.3) is 0 Å². The molecule has 1 aromatic rings. The van der Waals surface area contributed by atoms with Crippen LogP contribution >= 0.6 is 0 Å². The van der Waals surface area contributed by atoms with Crippen molar-refractivity contribution in [1.29, 1.82) is 0 Å². The predicted molar refractivity (Wildman–Crippen MR) is 46.4 cm³/mol. The number of nitrogens with one attached hydrogen (secondary N) is 1. The Bertz CT molecular complexity index is 264. The van der Waals surface area contributed by atoms with E-state index in [2.05, 4.69) is 14.2 Å². The minimum atomic E-state index is -4.19. The molecule has 2 N–H and O–H groups in total. The Morgan fingerprint density at radius 2 is 2.31 bits per heavy atom. The zero-order valence-corrected chi connectivity index (χ0v) is 7.99. The van der Waals surface area contributed by atoms with Crippen molar-refractivity contribution < 1.29 is 17.2 Å². The highest BCUT2D eigenvalue weighted by molar-refractivity contribution is 7.80. The largest absolute Gasteiger partial charge is 0.397 e. The molecular formula is C6H12N2O4S. The highest BCUT2D eigenvalue weighted by Gasteiger charge is 1.99. The molecule has 13 heavy (non-hydrogen) atoms. The molecule has 0 aliphatic heterocycles. The van der Waals surface area contributed by atoms with Crippen molar-refractivity contribution >= 4 is 10.4 Å². The van der Waals surface area contributed by atoms with Crippen LogP contribution in [0, 0.1) is 0 Å². The van der Waals surface area contributed by atoms with Crippen LogP contribution in [0.15, 0.2) is 18.7 Å². The van der Waals surface area contributed by atoms with Gasteiger partial charge in [0.25, 0.3) is 0 Å². The number of imidazole rings is 1. The summed E-state index contributed by atoms with van der Waals surface area (Å²) < 4.78 is 31.3. The third-order valence-electron chi connectivity index (χ3n) is 0.842. The van der Waals surface area contributed by atoms with Gasteiger partial charge in [0.15, 0.2) is 0 Å². The average Bonchev–Trinajstić information content (AvgIpc) is 2.56. The van der Waals surface area contributed by atoms with E-state index in [0.29, 0.717) is 6.42 Å². The van der Waals surface area contributed by atoms with Gasteiger partial charge >= 0.3 is 10.4 Å². The van der Waals surface area contributed by atoms with E-state index in [9.17, 15) is 8.42 Å². The summed E-state index contributed by atoms with van der Waals surface area (Å²) in [5.74, 6) is 0. The van der Waals surface area contributed by atoms with Crippen LogP contribution < -0.4 is 0 Å². The van der Waals surface area contributed by atoms with E-state index >= 15 is 0 Å². The lowest BCUT2D eigenvalue weighted by Gasteiger charge is -1.92. The summed E-state index contributed by atoms with van der Waals surface area (Å²) in [6, 6.07) is 0. The normalized spacial score (nSPS) is 10.3. The minimum absolute atomic E-state index is 0.0405. The van der Waals surface area contributed by atoms with Crippen LogP contribution in [0.2, 0.25) is 0 Å². The SMILES string of the molecule is CCCOS(=O)(=O)O.c1c[nH]cn1. The molecule has 0 aliphatic rings. The summed E-state index contributed by atoms with van der Waals surface area (Å²) in [4.78, 5) is 6.42. The molecule has 0 spiro atoms. The van der Waals surface area contributed by atoms with Gasteiger partial charge in [0.05, 0.1) is 12.9 Å². The molecule has 1 aromatic heterocycles. The predicted octanol–water partition coefficient (Wildman–Crippen LogP) is 0.626. The van der Waals surface area contributed by atoms with Gasteiger partial charge < -0.3 is 4.98 Å². The average molecular weight is 208 g/mol. The molecule has 6 nitrogen and oxygen atoms in total. The summed E-state index contributed by atoms with van der Waals surface area (Å²) in [6.07, 6.45) is 5.65. The van der Waals surface area contributed by atoms with Crippen molar-refractivity contribution in [3.05, 3.63) is 18.7 Å². The van der Waals surface area contributed by atoms with Crippen molar-refractivity contribution in [1.82, 2.24) is 9.97 Å². The van der Waals surface area contributed by atoms with E-state index < -0.39 is 10.4 Å². The van der Waals surface area contributed by atoms with E-state index in [1.165, 1.54) is 0 Å². The van der Waals surface area contributed by atoms with E-state index in [1.54, 1.807) is 25.6 Å². The van der Waals surface area contributed by atoms with E-state index in [0.717, 1.165) is 0 Å². The Hall–Kier alpha value is -0.920. The van der Waals surface area contributed by atoms with Gasteiger partial charge in [0.2, 0.25) is 0 Å². The fraction of sp³-hybridized carbons (Fsp3) is 0.500. The summed E-state index contributed by atoms with van der Waals surface area (Å²) in [6.45, 7) is 1.78. The zero-order chi connectivity index (χ0) is 10.2. The molecule has 0 aromatic carbocycles. The maximum Gasteiger partial charge on any atom is 0.397 e. The number of H-pyrrole nitrogens is 1. The number of aromatic amines is 1. The van der Waals surface area contributed by atoms with Gasteiger partial charge in [-0.2, -0.15) is 8.42 Å². The van der Waals surface area contributed by atoms with Crippen LogP contribution in [-0.4, -0.2) is 29.5 Å². The molecule has 0 atom stereocenters. The molecule has 0 radical (unpaired) electrons. The van der Waals surface area contributed by atoms with E-state index in [-0.39, 0.29) is 6.61 Å². The molecule has 1 rings (SSSR count). The maximum atomic E-state index is 9.72. The second kappa shape index (κ2) is 6.58. The first-order valence-electron chi connectivity index (χ1n) is 3.61. The van der Waals surface area contributed by atoms with Gasteiger partial charge in [-0.3, -0.25) is 4.55 Å². The first-order chi connectivity index (χ1) is 6.06. The molecule has 0 amide bonds. The maximum absolute atomic E-state index is 9.72. The topological polar surface area (TPSA) is 92.3 Å². The minimum Gasteiger partial charge on any atom is -0.351 e. The van der Waals surface area contributed by atoms with Gasteiger partial charge in [-0.1, -0.05) is 6.92 Å². The first kappa shape index (κ1) is 12.1. The molecular weight excluding hydrogens is 196 g/mol. The third kappa shape index (κ3) is 11.1. The lowest BCUT2D eigenvalue weighted by molar-refractivity contribution is 0.269. The molecule has 0 unspecified atom stereocenters. The van der Waals surface area contributed by atoms with Crippen molar-refractivity contribution in [2.24, 2.45) is 0 Å². The van der Waals surface area contributed by atoms with E-state index in [4.69, 9.17) is 4.55 Å². The van der Waals surface area contributed by atoms with Crippen LogP contribution in [-0.2, 0) is 14.6 Å². The summed E-state index contributed by atoms with van der Waals surface area (Å²) in [7, 11) is -4.19. The summed E-state index contributed by atoms with van der Waals surface area (Å²) >= 11 is 0. The Balaban J connectivity index is 0.000000243. The van der Waals surface area contributed by atoms with Gasteiger partial charge in [0.1, 0.15) is 0 Å². The quantitative estimate of drug-likeness (QED) is 0.710. The van der Waals surface area contributed by atoms with Crippen LogP contribution in [0.4, 0.5) is 0 Å². The fourth-order valence-corrected chi connectivity index (χ4v) is 0.781. The second-order valence-corrected chi connectivity index (χ2v) is 3.10. The van der Waals surface area contributed by atoms with Crippen LogP contribution in [0.3, 0.4) is 0 Å². The monoisotopic (exact) mass is 208 g/mol. The fourth-order valence-electron chi connectivity index (χ4n) is 0.404. The summed E-state index contributed by atoms with van der Waals surface area (Å²) in [5.41, 5.74) is 0. The Morgan fingerprint density at radius 3 is 2.46 bits per heavy atom.